The first-order valence-electron chi connectivity index (χ1n) is 11.2. The summed E-state index contributed by atoms with van der Waals surface area (Å²) >= 11 is 6.27. The summed E-state index contributed by atoms with van der Waals surface area (Å²) in [6.45, 7) is 9.57. The maximum absolute atomic E-state index is 10.6. The molecule has 2 aliphatic heterocycles. The number of rotatable bonds is 6. The summed E-state index contributed by atoms with van der Waals surface area (Å²) in [5.74, 6) is 0.732. The van der Waals surface area contributed by atoms with E-state index in [-0.39, 0.29) is 5.49 Å². The Balaban J connectivity index is 0.000000186. The van der Waals surface area contributed by atoms with Crippen molar-refractivity contribution in [1.82, 2.24) is 19.6 Å². The number of anilines is 1. The zero-order valence-electron chi connectivity index (χ0n) is 19.0. The van der Waals surface area contributed by atoms with Crippen LogP contribution in [0.1, 0.15) is 18.1 Å². The van der Waals surface area contributed by atoms with Crippen molar-refractivity contribution in [3.8, 4) is 0 Å². The number of amides is 1. The highest BCUT2D eigenvalue weighted by molar-refractivity contribution is 6.31. The Hall–Kier alpha value is -2.75. The number of aryl methyl sites for hydroxylation is 1. The van der Waals surface area contributed by atoms with Crippen molar-refractivity contribution in [2.45, 2.75) is 19.9 Å². The lowest BCUT2D eigenvalue weighted by molar-refractivity contribution is -0.118. The minimum atomic E-state index is 0.176. The number of benzene rings is 1. The Bertz CT molecular complexity index is 983. The van der Waals surface area contributed by atoms with E-state index in [9.17, 15) is 4.79 Å². The molecule has 1 amide bonds. The van der Waals surface area contributed by atoms with Gasteiger partial charge in [-0.1, -0.05) is 30.7 Å². The van der Waals surface area contributed by atoms with E-state index in [0.29, 0.717) is 13.1 Å². The van der Waals surface area contributed by atoms with Crippen LogP contribution in [-0.2, 0) is 22.5 Å². The van der Waals surface area contributed by atoms with Gasteiger partial charge in [-0.25, -0.2) is 4.68 Å². The van der Waals surface area contributed by atoms with Crippen molar-refractivity contribution >= 4 is 30.2 Å². The minimum Gasteiger partial charge on any atom is -0.379 e. The molecule has 10 heteroatoms. The van der Waals surface area contributed by atoms with E-state index in [1.807, 2.05) is 4.90 Å². The number of piperazine rings is 1. The monoisotopic (exact) mass is 473 g/mol. The van der Waals surface area contributed by atoms with Crippen molar-refractivity contribution in [2.24, 2.45) is 0 Å². The van der Waals surface area contributed by atoms with Crippen molar-refractivity contribution in [3.05, 3.63) is 52.0 Å². The fourth-order valence-electron chi connectivity index (χ4n) is 3.69. The second-order valence-electron chi connectivity index (χ2n) is 7.95. The van der Waals surface area contributed by atoms with Crippen molar-refractivity contribution < 1.29 is 9.53 Å². The number of halogens is 1. The number of hydrogen-bond acceptors (Lipinski definition) is 7. The van der Waals surface area contributed by atoms with Gasteiger partial charge in [-0.05, 0) is 35.7 Å². The first kappa shape index (κ1) is 24.9. The van der Waals surface area contributed by atoms with Gasteiger partial charge in [0.1, 0.15) is 17.6 Å². The van der Waals surface area contributed by atoms with Gasteiger partial charge in [0.15, 0.2) is 0 Å². The summed E-state index contributed by atoms with van der Waals surface area (Å²) in [4.78, 5) is 16.7. The van der Waals surface area contributed by atoms with Gasteiger partial charge in [-0.15, -0.1) is 5.10 Å². The molecule has 2 saturated heterocycles. The molecule has 2 aliphatic rings. The zero-order chi connectivity index (χ0) is 23.6. The zero-order valence-corrected chi connectivity index (χ0v) is 19.8. The molecule has 3 heterocycles. The number of carbonyl (C=O) groups is 1. The van der Waals surface area contributed by atoms with Gasteiger partial charge in [0, 0.05) is 50.8 Å². The molecular weight excluding hydrogens is 442 g/mol. The predicted molar refractivity (Wildman–Crippen MR) is 129 cm³/mol. The lowest BCUT2D eigenvalue weighted by Crippen LogP contribution is -2.46. The van der Waals surface area contributed by atoms with E-state index in [4.69, 9.17) is 27.2 Å². The highest BCUT2D eigenvalue weighted by atomic mass is 35.5. The van der Waals surface area contributed by atoms with Crippen LogP contribution in [-0.4, -0.2) is 84.8 Å². The molecule has 178 valence electrons. The highest BCUT2D eigenvalue weighted by Gasteiger charge is 2.17. The quantitative estimate of drug-likeness (QED) is 0.378. The summed E-state index contributed by atoms with van der Waals surface area (Å²) in [5, 5.41) is 19.7. The molecule has 0 unspecified atom stereocenters. The molecule has 9 nitrogen and oxygen atoms in total. The average molecular weight is 474 g/mol. The third-order valence-electron chi connectivity index (χ3n) is 5.78. The van der Waals surface area contributed by atoms with Crippen LogP contribution in [0.15, 0.2) is 30.3 Å². The number of ether oxygens (including phenoxy) is 1. The second kappa shape index (κ2) is 12.5. The van der Waals surface area contributed by atoms with E-state index >= 15 is 0 Å². The van der Waals surface area contributed by atoms with Gasteiger partial charge in [0.25, 0.3) is 0 Å². The Morgan fingerprint density at radius 3 is 2.42 bits per heavy atom. The Labute approximate surface area is 199 Å². The number of carbonyl (C=O) groups excluding carboxylic acids is 1. The van der Waals surface area contributed by atoms with Crippen LogP contribution in [0.4, 0.5) is 5.82 Å². The lowest BCUT2D eigenvalue weighted by atomic mass is 10.1. The van der Waals surface area contributed by atoms with E-state index in [1.54, 1.807) is 17.0 Å². The minimum absolute atomic E-state index is 0.176. The molecule has 33 heavy (non-hydrogen) atoms. The van der Waals surface area contributed by atoms with Crippen LogP contribution >= 0.6 is 11.6 Å². The van der Waals surface area contributed by atoms with Gasteiger partial charge >= 0.3 is 0 Å². The van der Waals surface area contributed by atoms with Gasteiger partial charge < -0.3 is 14.5 Å². The average Bonchev–Trinajstić information content (AvgIpc) is 2.86. The molecule has 0 bridgehead atoms. The Morgan fingerprint density at radius 1 is 1.09 bits per heavy atom. The fourth-order valence-corrected chi connectivity index (χ4v) is 3.95. The molecule has 2 N–H and O–H groups in total. The third-order valence-corrected chi connectivity index (χ3v) is 6.13. The molecule has 0 radical (unpaired) electrons. The molecule has 0 aliphatic carbocycles. The largest absolute Gasteiger partial charge is 0.379 e. The number of nitrogens with one attached hydrogen (secondary N) is 2. The molecule has 4 rings (SSSR count). The topological polar surface area (TPSA) is 102 Å². The van der Waals surface area contributed by atoms with Crippen molar-refractivity contribution in [3.63, 3.8) is 0 Å². The number of hydrogen-bond donors (Lipinski definition) is 2. The normalized spacial score (nSPS) is 16.7. The van der Waals surface area contributed by atoms with Gasteiger partial charge in [0.2, 0.25) is 6.41 Å². The van der Waals surface area contributed by atoms with E-state index in [2.05, 4.69) is 35.1 Å². The van der Waals surface area contributed by atoms with Gasteiger partial charge in [0.05, 0.1) is 13.2 Å². The Morgan fingerprint density at radius 2 is 1.82 bits per heavy atom. The smallest absolute Gasteiger partial charge is 0.209 e. The van der Waals surface area contributed by atoms with Gasteiger partial charge in [-0.2, -0.15) is 0 Å². The van der Waals surface area contributed by atoms with Crippen molar-refractivity contribution in [2.75, 3.05) is 57.4 Å². The molecule has 0 atom stereocenters. The van der Waals surface area contributed by atoms with Crippen LogP contribution in [0.2, 0.25) is 5.02 Å². The summed E-state index contributed by atoms with van der Waals surface area (Å²) in [6.07, 6.45) is 2.90. The van der Waals surface area contributed by atoms with E-state index in [0.717, 1.165) is 75.9 Å². The molecular formula is C23H32ClN7O2. The second-order valence-corrected chi connectivity index (χ2v) is 8.35. The third kappa shape index (κ3) is 7.12. The first-order valence-corrected chi connectivity index (χ1v) is 11.6. The molecule has 0 spiro atoms. The number of aromatic nitrogens is 2. The van der Waals surface area contributed by atoms with Gasteiger partial charge in [-0.3, -0.25) is 20.5 Å². The van der Waals surface area contributed by atoms with E-state index < -0.39 is 0 Å². The maximum Gasteiger partial charge on any atom is 0.209 e. The van der Waals surface area contributed by atoms with Crippen LogP contribution in [0.25, 0.3) is 0 Å². The van der Waals surface area contributed by atoms with Crippen LogP contribution in [0, 0.1) is 10.8 Å². The number of morpholine rings is 1. The predicted octanol–water partition coefficient (Wildman–Crippen LogP) is 1.83. The molecule has 2 fully saturated rings. The first-order chi connectivity index (χ1) is 16.0. The summed E-state index contributed by atoms with van der Waals surface area (Å²) in [7, 11) is 0. The molecule has 2 aromatic rings. The summed E-state index contributed by atoms with van der Waals surface area (Å²) in [5.41, 5.74) is 2.70. The molecule has 0 saturated carbocycles. The van der Waals surface area contributed by atoms with Crippen LogP contribution in [0.3, 0.4) is 0 Å². The van der Waals surface area contributed by atoms with Crippen LogP contribution < -0.4 is 10.4 Å². The van der Waals surface area contributed by atoms with E-state index in [1.165, 1.54) is 15.8 Å². The molecule has 1 aromatic carbocycles. The summed E-state index contributed by atoms with van der Waals surface area (Å²) in [6, 6.07) is 9.77. The van der Waals surface area contributed by atoms with Crippen LogP contribution in [0.5, 0.6) is 0 Å². The Kier molecular flexibility index (Phi) is 9.41. The number of nitrogens with zero attached hydrogens (tertiary/aromatic N) is 5. The molecule has 1 aromatic heterocycles. The van der Waals surface area contributed by atoms with Crippen molar-refractivity contribution in [1.29, 1.82) is 10.8 Å². The summed E-state index contributed by atoms with van der Waals surface area (Å²) < 4.78 is 6.54. The lowest BCUT2D eigenvalue weighted by Gasteiger charge is -2.33. The SMILES string of the molecule is CCc1ccc(CN2CCOCC2)c(Cl)c1.N=Cn1nc(N2CCN(C=O)CC2)ccc1=N. The standard InChI is InChI=1S/C13H18ClNO.C10H14N6O/c1-2-11-3-4-12(13(14)9-11)10-15-5-7-16-8-6-15;11-7-16-9(12)1-2-10(13-16)15-5-3-14(8-17)4-6-15/h3-4,9H,2,5-8,10H2,1H3;1-2,7-8,11-12H,3-6H2. The highest BCUT2D eigenvalue weighted by Crippen LogP contribution is 2.20. The maximum atomic E-state index is 10.6. The fraction of sp³-hybridized carbons (Fsp3) is 0.478.